The average Bonchev–Trinajstić information content (AvgIpc) is 1.09. The molecule has 0 spiro atoms. The van der Waals surface area contributed by atoms with Gasteiger partial charge in [-0.15, -0.1) is 0 Å². The summed E-state index contributed by atoms with van der Waals surface area (Å²) in [6.07, 6.45) is 7.84. The number of aromatic nitrogens is 4. The van der Waals surface area contributed by atoms with Crippen LogP contribution in [-0.4, -0.2) is 119 Å². The van der Waals surface area contributed by atoms with Crippen LogP contribution in [-0.2, 0) is 27.5 Å². The summed E-state index contributed by atoms with van der Waals surface area (Å²) in [7, 11) is 3.27. The Morgan fingerprint density at radius 2 is 1.00 bits per heavy atom. The number of ketones is 1. The third-order valence-electron chi connectivity index (χ3n) is 17.9. The van der Waals surface area contributed by atoms with Gasteiger partial charge in [0.25, 0.3) is 11.1 Å². The summed E-state index contributed by atoms with van der Waals surface area (Å²) < 4.78 is 47.2. The smallest absolute Gasteiger partial charge is 0.410 e. The number of hydrogen-bond donors (Lipinski definition) is 2. The van der Waals surface area contributed by atoms with Gasteiger partial charge in [-0.3, -0.25) is 19.2 Å². The lowest BCUT2D eigenvalue weighted by molar-refractivity contribution is -0.134. The van der Waals surface area contributed by atoms with Crippen LogP contribution >= 0.6 is 0 Å². The van der Waals surface area contributed by atoms with Gasteiger partial charge in [-0.2, -0.15) is 0 Å². The predicted octanol–water partition coefficient (Wildman–Crippen LogP) is 14.6. The number of nitrogens with one attached hydrogen (secondary N) is 2. The number of amides is 2. The number of esters is 1. The van der Waals surface area contributed by atoms with Crippen molar-refractivity contribution in [2.75, 3.05) is 60.2 Å². The first-order chi connectivity index (χ1) is 47.0. The number of piperidine rings is 2. The van der Waals surface area contributed by atoms with Crippen LogP contribution in [0.1, 0.15) is 168 Å². The third kappa shape index (κ3) is 17.5. The number of nitrogens with zero attached hydrogens (tertiary/aromatic N) is 4. The molecule has 4 aliphatic rings. The Hall–Kier alpha value is -9.72. The maximum Gasteiger partial charge on any atom is 0.410 e. The molecular weight excluding hydrogens is 1240 g/mol. The maximum atomic E-state index is 13.4. The lowest BCUT2D eigenvalue weighted by atomic mass is 9.86. The lowest BCUT2D eigenvalue weighted by Gasteiger charge is -2.35. The molecule has 8 aromatic rings. The van der Waals surface area contributed by atoms with E-state index in [2.05, 4.69) is 30.7 Å². The van der Waals surface area contributed by atoms with Crippen molar-refractivity contribution in [2.24, 2.45) is 17.3 Å². The molecule has 2 aliphatic carbocycles. The molecule has 12 rings (SSSR count). The van der Waals surface area contributed by atoms with Gasteiger partial charge >= 0.3 is 12.1 Å². The topological polar surface area (TPSA) is 240 Å². The minimum absolute atomic E-state index is 0.0270. The van der Waals surface area contributed by atoms with Crippen molar-refractivity contribution in [3.63, 3.8) is 0 Å². The van der Waals surface area contributed by atoms with Crippen LogP contribution in [0.4, 0.5) is 4.79 Å². The molecule has 0 radical (unpaired) electrons. The number of benzene rings is 4. The second-order valence-corrected chi connectivity index (χ2v) is 28.2. The maximum absolute atomic E-state index is 13.4. The predicted molar refractivity (Wildman–Crippen MR) is 375 cm³/mol. The highest BCUT2D eigenvalue weighted by atomic mass is 16.6. The summed E-state index contributed by atoms with van der Waals surface area (Å²) in [5, 5.41) is 1.31. The average molecular weight is 1340 g/mol. The van der Waals surface area contributed by atoms with E-state index >= 15 is 0 Å². The van der Waals surface area contributed by atoms with Crippen molar-refractivity contribution in [1.82, 2.24) is 29.7 Å². The first-order valence-corrected chi connectivity index (χ1v) is 34.1. The number of aromatic amines is 2. The van der Waals surface area contributed by atoms with Crippen molar-refractivity contribution in [3.8, 4) is 57.0 Å². The van der Waals surface area contributed by atoms with Gasteiger partial charge in [-0.25, -0.2) is 19.6 Å². The number of methoxy groups -OCH3 is 2. The number of pyridine rings is 4. The fourth-order valence-electron chi connectivity index (χ4n) is 12.5. The second kappa shape index (κ2) is 30.4. The Morgan fingerprint density at radius 1 is 0.561 bits per heavy atom. The van der Waals surface area contributed by atoms with Gasteiger partial charge in [-0.1, -0.05) is 57.2 Å². The monoisotopic (exact) mass is 1330 g/mol. The van der Waals surface area contributed by atoms with Gasteiger partial charge in [0.1, 0.15) is 70.2 Å². The zero-order valence-corrected chi connectivity index (χ0v) is 57.9. The van der Waals surface area contributed by atoms with Crippen LogP contribution in [0.5, 0.6) is 34.5 Å². The Bertz CT molecular complexity index is 4330. The molecule has 4 fully saturated rings. The molecule has 20 nitrogen and oxygen atoms in total. The summed E-state index contributed by atoms with van der Waals surface area (Å²) in [4.78, 5) is 97.6. The largest absolute Gasteiger partial charge is 0.497 e. The van der Waals surface area contributed by atoms with E-state index in [1.807, 2.05) is 123 Å². The number of fused-ring (bicyclic) bond motifs is 2. The number of H-pyrrole nitrogens is 2. The van der Waals surface area contributed by atoms with E-state index in [1.54, 1.807) is 38.2 Å². The Labute approximate surface area is 571 Å². The zero-order valence-electron chi connectivity index (χ0n) is 57.9. The molecule has 20 heteroatoms. The van der Waals surface area contributed by atoms with Crippen LogP contribution in [0.25, 0.3) is 44.6 Å². The number of hydrogen-bond acceptors (Lipinski definition) is 16. The summed E-state index contributed by atoms with van der Waals surface area (Å²) in [5.41, 5.74) is 5.01. The van der Waals surface area contributed by atoms with Crippen molar-refractivity contribution in [1.29, 1.82) is 0 Å². The van der Waals surface area contributed by atoms with Crippen LogP contribution in [0, 0.1) is 17.3 Å². The molecule has 4 aromatic heterocycles. The van der Waals surface area contributed by atoms with E-state index in [1.165, 1.54) is 6.92 Å². The summed E-state index contributed by atoms with van der Waals surface area (Å²) in [5.74, 6) is 3.93. The molecule has 2 N–H and O–H groups in total. The molecule has 2 saturated heterocycles. The van der Waals surface area contributed by atoms with E-state index in [0.717, 1.165) is 85.1 Å². The molecule has 2 amide bonds. The number of carbonyl (C=O) groups is 4. The number of ether oxygens (including phenoxy) is 8. The molecule has 516 valence electrons. The van der Waals surface area contributed by atoms with E-state index in [9.17, 15) is 28.8 Å². The summed E-state index contributed by atoms with van der Waals surface area (Å²) in [6.45, 7) is 19.0. The zero-order chi connectivity index (χ0) is 69.4. The number of Topliss-reactive ketones (excluding diaryl/α,β-unsaturated/α-hetero) is 1. The van der Waals surface area contributed by atoms with E-state index in [4.69, 9.17) is 47.9 Å². The highest BCUT2D eigenvalue weighted by molar-refractivity contribution is 5.98. The SMILES string of the molecule is CCOC(=O)c1cc2c(C3CCCN(C(=O)OC(C)(C)C)C3)cc(-c3c(OCc4ccc(OC)cc4)cccc3OCC3CC3)nc2[nH]c1=O.COc1ccc(COc2cccc(OCC3CC3)c2-c2cc(C3CCCN(C(=O)CC(C)(C)C)C3)c3cc(C(C)=O)c(=O)[nH]c3n2)cc1. The van der Waals surface area contributed by atoms with Crippen molar-refractivity contribution in [3.05, 3.63) is 163 Å². The molecule has 2 aliphatic heterocycles. The van der Waals surface area contributed by atoms with Gasteiger partial charge < -0.3 is 57.7 Å². The minimum atomic E-state index is -0.710. The molecule has 6 heterocycles. The summed E-state index contributed by atoms with van der Waals surface area (Å²) >= 11 is 0. The van der Waals surface area contributed by atoms with E-state index in [0.29, 0.717) is 132 Å². The minimum Gasteiger partial charge on any atom is -0.497 e. The molecule has 98 heavy (non-hydrogen) atoms. The number of rotatable bonds is 22. The van der Waals surface area contributed by atoms with Gasteiger partial charge in [0, 0.05) is 55.2 Å². The fourth-order valence-corrected chi connectivity index (χ4v) is 12.5. The van der Waals surface area contributed by atoms with Gasteiger partial charge in [0.2, 0.25) is 5.91 Å². The lowest BCUT2D eigenvalue weighted by Crippen LogP contribution is -2.42. The van der Waals surface area contributed by atoms with Crippen molar-refractivity contribution < 1.29 is 57.1 Å². The first-order valence-electron chi connectivity index (χ1n) is 34.1. The van der Waals surface area contributed by atoms with Crippen molar-refractivity contribution >= 4 is 45.8 Å². The summed E-state index contributed by atoms with van der Waals surface area (Å²) in [6, 6.07) is 34.0. The standard InChI is InChI=1S/C39H45N3O8.C39H45N3O6/c1-6-47-37(44)30-19-29-28(26-9-8-18-42(21-26)38(45)50-39(2,3)4)20-31(40-35(29)41-36(30)43)34-32(48-22-24-12-13-24)10-7-11-33(34)49-23-25-14-16-27(46-5)17-15-25;1-24(43)29-18-31-30(27-8-7-17-42(21-27)35(44)20-39(2,3)4)19-32(40-37(31)41-38(29)45)36-33(47-22-25-11-12-25)9-6-10-34(36)48-23-26-13-15-28(46-5)16-14-26/h7,10-11,14-17,19-20,24,26H,6,8-9,12-13,18,21-23H2,1-5H3,(H,40,41,43);6,9-10,13-16,18-19,25,27H,7-8,11-12,17,20-23H2,1-5H3,(H,40,41,45). The molecular formula is C78H90N6O14. The third-order valence-corrected chi connectivity index (χ3v) is 17.9. The Morgan fingerprint density at radius 3 is 1.43 bits per heavy atom. The van der Waals surface area contributed by atoms with Crippen LogP contribution in [0.3, 0.4) is 0 Å². The fraction of sp³-hybridized carbons (Fsp3) is 0.436. The van der Waals surface area contributed by atoms with Gasteiger partial charge in [-0.05, 0) is 198 Å². The quantitative estimate of drug-likeness (QED) is 0.0473. The second-order valence-electron chi connectivity index (χ2n) is 28.2. The van der Waals surface area contributed by atoms with Crippen LogP contribution in [0.2, 0.25) is 0 Å². The molecule has 2 atom stereocenters. The normalized spacial score (nSPS) is 16.3. The molecule has 2 unspecified atom stereocenters. The molecule has 0 bridgehead atoms. The van der Waals surface area contributed by atoms with Crippen LogP contribution < -0.4 is 39.5 Å². The Balaban J connectivity index is 0.000000199. The first kappa shape index (κ1) is 69.6. The van der Waals surface area contributed by atoms with E-state index in [-0.39, 0.29) is 59.4 Å². The molecule has 4 aromatic carbocycles. The van der Waals surface area contributed by atoms with Gasteiger partial charge in [0.15, 0.2) is 5.78 Å². The van der Waals surface area contributed by atoms with Gasteiger partial charge in [0.05, 0.1) is 62.1 Å². The highest BCUT2D eigenvalue weighted by Crippen LogP contribution is 2.45. The van der Waals surface area contributed by atoms with E-state index < -0.39 is 22.7 Å². The Kier molecular flexibility index (Phi) is 21.6. The number of likely N-dealkylation sites (tertiary alicyclic amines) is 2. The molecule has 2 saturated carbocycles. The number of carbonyl (C=O) groups excluding carboxylic acids is 4. The van der Waals surface area contributed by atoms with Crippen molar-refractivity contribution in [2.45, 2.75) is 144 Å². The highest BCUT2D eigenvalue weighted by Gasteiger charge is 2.34. The van der Waals surface area contributed by atoms with Crippen LogP contribution in [0.15, 0.2) is 119 Å².